The fraction of sp³-hybridized carbons (Fsp3) is 1.00. The van der Waals surface area contributed by atoms with Crippen molar-refractivity contribution in [3.8, 4) is 0 Å². The molecule has 0 aromatic rings. The molecule has 2 saturated heterocycles. The van der Waals surface area contributed by atoms with E-state index in [1.165, 1.54) is 17.9 Å². The lowest BCUT2D eigenvalue weighted by Crippen LogP contribution is -2.46. The van der Waals surface area contributed by atoms with Crippen LogP contribution in [0.1, 0.15) is 26.7 Å². The zero-order valence-corrected chi connectivity index (χ0v) is 16.4. The van der Waals surface area contributed by atoms with Crippen LogP contribution in [0.3, 0.4) is 0 Å². The van der Waals surface area contributed by atoms with Crippen molar-refractivity contribution in [3.63, 3.8) is 0 Å². The molecule has 0 aromatic carbocycles. The summed E-state index contributed by atoms with van der Waals surface area (Å²) in [6, 6.07) is 0. The van der Waals surface area contributed by atoms with E-state index in [0.29, 0.717) is 11.2 Å². The van der Waals surface area contributed by atoms with Gasteiger partial charge in [-0.15, -0.1) is 23.5 Å². The number of methoxy groups -OCH3 is 3. The molecule has 0 saturated carbocycles. The van der Waals surface area contributed by atoms with E-state index in [1.807, 2.05) is 37.4 Å². The van der Waals surface area contributed by atoms with Crippen molar-refractivity contribution in [2.75, 3.05) is 39.4 Å². The van der Waals surface area contributed by atoms with Gasteiger partial charge < -0.3 is 23.7 Å². The summed E-state index contributed by atoms with van der Waals surface area (Å²) in [6.45, 7) is 4.35. The molecule has 2 fully saturated rings. The van der Waals surface area contributed by atoms with Gasteiger partial charge in [0.1, 0.15) is 18.3 Å². The van der Waals surface area contributed by atoms with Gasteiger partial charge in [0, 0.05) is 21.3 Å². The number of hydrogen-bond acceptors (Lipinski definition) is 7. The highest BCUT2D eigenvalue weighted by Gasteiger charge is 2.49. The fourth-order valence-corrected chi connectivity index (χ4v) is 6.02. The van der Waals surface area contributed by atoms with E-state index >= 15 is 0 Å². The molecule has 0 spiro atoms. The summed E-state index contributed by atoms with van der Waals surface area (Å²) in [4.78, 5) is 0. The van der Waals surface area contributed by atoms with Crippen molar-refractivity contribution in [1.29, 1.82) is 0 Å². The third kappa shape index (κ3) is 5.49. The van der Waals surface area contributed by atoms with Crippen LogP contribution in [0.4, 0.5) is 0 Å². The van der Waals surface area contributed by atoms with Crippen LogP contribution in [0.5, 0.6) is 0 Å². The quantitative estimate of drug-likeness (QED) is 0.654. The van der Waals surface area contributed by atoms with Gasteiger partial charge in [-0.25, -0.2) is 0 Å². The molecule has 2 aliphatic heterocycles. The number of thioether (sulfide) groups is 2. The topological polar surface area (TPSA) is 46.2 Å². The summed E-state index contributed by atoms with van der Waals surface area (Å²) in [5.41, 5.74) is 0. The molecule has 7 heteroatoms. The molecule has 0 bridgehead atoms. The summed E-state index contributed by atoms with van der Waals surface area (Å²) in [6.07, 6.45) is 1.71. The minimum Gasteiger partial charge on any atom is -0.382 e. The minimum atomic E-state index is -0.635. The summed E-state index contributed by atoms with van der Waals surface area (Å²) in [5.74, 6) is 1.83. The molecule has 2 rings (SSSR count). The van der Waals surface area contributed by atoms with Crippen molar-refractivity contribution < 1.29 is 23.7 Å². The Balaban J connectivity index is 2.07. The van der Waals surface area contributed by atoms with Gasteiger partial charge in [0.2, 0.25) is 0 Å². The summed E-state index contributed by atoms with van der Waals surface area (Å²) in [5, 5.41) is 0. The highest BCUT2D eigenvalue weighted by atomic mass is 32.2. The molecule has 2 aliphatic rings. The van der Waals surface area contributed by atoms with Crippen LogP contribution in [-0.4, -0.2) is 74.2 Å². The second-order valence-electron chi connectivity index (χ2n) is 6.33. The van der Waals surface area contributed by atoms with E-state index < -0.39 is 5.79 Å². The highest BCUT2D eigenvalue weighted by molar-refractivity contribution is 8.17. The normalized spacial score (nSPS) is 31.2. The third-order valence-corrected chi connectivity index (χ3v) is 7.15. The van der Waals surface area contributed by atoms with Gasteiger partial charge >= 0.3 is 0 Å². The molecule has 0 amide bonds. The Bertz CT molecular complexity index is 349. The maximum atomic E-state index is 6.18. The van der Waals surface area contributed by atoms with Crippen LogP contribution in [0.25, 0.3) is 0 Å². The van der Waals surface area contributed by atoms with Crippen LogP contribution < -0.4 is 0 Å². The maximum Gasteiger partial charge on any atom is 0.164 e. The van der Waals surface area contributed by atoms with Gasteiger partial charge in [-0.3, -0.25) is 0 Å². The molecular formula is C16H30O5S2. The Morgan fingerprint density at radius 1 is 1.00 bits per heavy atom. The lowest BCUT2D eigenvalue weighted by atomic mass is 10.0. The van der Waals surface area contributed by atoms with Crippen LogP contribution in [0.2, 0.25) is 0 Å². The lowest BCUT2D eigenvalue weighted by molar-refractivity contribution is -0.165. The molecule has 5 nitrogen and oxygen atoms in total. The van der Waals surface area contributed by atoms with Crippen molar-refractivity contribution in [2.45, 2.75) is 61.5 Å². The van der Waals surface area contributed by atoms with Crippen molar-refractivity contribution in [3.05, 3.63) is 0 Å². The van der Waals surface area contributed by atoms with Crippen molar-refractivity contribution in [2.24, 2.45) is 0 Å². The molecular weight excluding hydrogens is 336 g/mol. The predicted octanol–water partition coefficient (Wildman–Crippen LogP) is 2.77. The number of hydrogen-bond donors (Lipinski definition) is 0. The Kier molecular flexibility index (Phi) is 7.99. The van der Waals surface area contributed by atoms with Gasteiger partial charge in [-0.05, 0) is 38.2 Å². The second-order valence-corrected chi connectivity index (χ2v) is 9.25. The monoisotopic (exact) mass is 366 g/mol. The van der Waals surface area contributed by atoms with E-state index in [-0.39, 0.29) is 24.4 Å². The smallest absolute Gasteiger partial charge is 0.164 e. The first-order chi connectivity index (χ1) is 11.0. The molecule has 0 aliphatic carbocycles. The average molecular weight is 367 g/mol. The van der Waals surface area contributed by atoms with Gasteiger partial charge in [0.15, 0.2) is 5.79 Å². The highest BCUT2D eigenvalue weighted by Crippen LogP contribution is 2.39. The van der Waals surface area contributed by atoms with Crippen LogP contribution in [0, 0.1) is 0 Å². The molecule has 23 heavy (non-hydrogen) atoms. The first kappa shape index (κ1) is 19.8. The first-order valence-electron chi connectivity index (χ1n) is 8.14. The standard InChI is InChI=1S/C16H30O5S2/c1-16(2)20-14(15(21-16)12(19-5)10-17-3)11(18-4)9-13-22-7-6-8-23-13/h11-15H,6-10H2,1-5H3/t11-,12-,14-,15-/m1/s1. The van der Waals surface area contributed by atoms with Gasteiger partial charge in [-0.2, -0.15) is 0 Å². The average Bonchev–Trinajstić information content (AvgIpc) is 2.86. The van der Waals surface area contributed by atoms with E-state index in [1.54, 1.807) is 21.3 Å². The molecule has 0 N–H and O–H groups in total. The van der Waals surface area contributed by atoms with Gasteiger partial charge in [0.25, 0.3) is 0 Å². The Morgan fingerprint density at radius 2 is 1.57 bits per heavy atom. The number of rotatable bonds is 8. The molecule has 136 valence electrons. The molecule has 2 heterocycles. The van der Waals surface area contributed by atoms with Gasteiger partial charge in [0.05, 0.1) is 17.3 Å². The zero-order valence-electron chi connectivity index (χ0n) is 14.8. The zero-order chi connectivity index (χ0) is 16.9. The SMILES string of the molecule is COC[C@@H](OC)[C@H]1OC(C)(C)O[C@@H]1[C@@H](CC1SCCCS1)OC. The third-order valence-electron chi connectivity index (χ3n) is 4.15. The van der Waals surface area contributed by atoms with Gasteiger partial charge in [-0.1, -0.05) is 0 Å². The minimum absolute atomic E-state index is 0.0145. The van der Waals surface area contributed by atoms with E-state index in [9.17, 15) is 0 Å². The predicted molar refractivity (Wildman–Crippen MR) is 95.2 cm³/mol. The summed E-state index contributed by atoms with van der Waals surface area (Å²) in [7, 11) is 5.11. The lowest BCUT2D eigenvalue weighted by Gasteiger charge is -2.32. The molecule has 0 radical (unpaired) electrons. The Hall–Kier alpha value is 0.500. The maximum absolute atomic E-state index is 6.18. The fourth-order valence-electron chi connectivity index (χ4n) is 3.08. The van der Waals surface area contributed by atoms with Crippen LogP contribution in [-0.2, 0) is 23.7 Å². The summed E-state index contributed by atoms with van der Waals surface area (Å²) >= 11 is 4.04. The van der Waals surface area contributed by atoms with Crippen molar-refractivity contribution >= 4 is 23.5 Å². The van der Waals surface area contributed by atoms with Crippen LogP contribution >= 0.6 is 23.5 Å². The van der Waals surface area contributed by atoms with E-state index in [4.69, 9.17) is 23.7 Å². The number of ether oxygens (including phenoxy) is 5. The van der Waals surface area contributed by atoms with Crippen LogP contribution in [0.15, 0.2) is 0 Å². The molecule has 4 atom stereocenters. The Labute approximate surface area is 148 Å². The Morgan fingerprint density at radius 3 is 2.09 bits per heavy atom. The largest absolute Gasteiger partial charge is 0.382 e. The van der Waals surface area contributed by atoms with E-state index in [2.05, 4.69) is 0 Å². The first-order valence-corrected chi connectivity index (χ1v) is 10.2. The second kappa shape index (κ2) is 9.27. The van der Waals surface area contributed by atoms with Crippen molar-refractivity contribution in [1.82, 2.24) is 0 Å². The van der Waals surface area contributed by atoms with E-state index in [0.717, 1.165) is 6.42 Å². The molecule has 0 aromatic heterocycles. The molecule has 0 unspecified atom stereocenters. The summed E-state index contributed by atoms with van der Waals surface area (Å²) < 4.78 is 29.5.